The predicted molar refractivity (Wildman–Crippen MR) is 168 cm³/mol. The zero-order valence-electron chi connectivity index (χ0n) is 20.2. The van der Waals surface area contributed by atoms with E-state index < -0.39 is 0 Å². The minimum atomic E-state index is 0. The highest BCUT2D eigenvalue weighted by Gasteiger charge is 2.22. The second kappa shape index (κ2) is 14.4. The van der Waals surface area contributed by atoms with Gasteiger partial charge in [0.1, 0.15) is 5.88 Å². The van der Waals surface area contributed by atoms with Crippen LogP contribution in [0, 0.1) is 0 Å². The number of carbonyl (C=O) groups excluding carboxylic acids is 1. The Kier molecular flexibility index (Phi) is 11.8. The van der Waals surface area contributed by atoms with Gasteiger partial charge in [0, 0.05) is 62.4 Å². The summed E-state index contributed by atoms with van der Waals surface area (Å²) in [5.74, 6) is 0.0574. The smallest absolute Gasteiger partial charge is 0.237 e. The first-order valence-electron chi connectivity index (χ1n) is 11.7. The van der Waals surface area contributed by atoms with Gasteiger partial charge in [-0.2, -0.15) is 0 Å². The monoisotopic (exact) mass is 654 g/mol. The van der Waals surface area contributed by atoms with Crippen LogP contribution in [0.1, 0.15) is 0 Å². The van der Waals surface area contributed by atoms with Crippen molar-refractivity contribution in [2.24, 2.45) is 0 Å². The highest BCUT2D eigenvalue weighted by molar-refractivity contribution is 7.22. The summed E-state index contributed by atoms with van der Waals surface area (Å²) in [6, 6.07) is 11.6. The molecule has 0 saturated carbocycles. The van der Waals surface area contributed by atoms with Crippen molar-refractivity contribution < 1.29 is 4.79 Å². The number of amides is 1. The Balaban J connectivity index is 0.000000204. The van der Waals surface area contributed by atoms with Crippen LogP contribution in [0.4, 0.5) is 10.3 Å². The van der Waals surface area contributed by atoms with E-state index in [4.69, 9.17) is 34.8 Å². The number of hydrogen-bond donors (Lipinski definition) is 1. The first kappa shape index (κ1) is 31.2. The van der Waals surface area contributed by atoms with Gasteiger partial charge < -0.3 is 20.0 Å². The standard InChI is InChI=1S/C13H13Cl2N3OS.C11H12ClN3S.2ClH/c14-8-12(19)17-3-5-18(6-4-17)13-16-10-2-1-9(15)7-11(10)20-13;12-8-1-2-9-10(7-8)16-11(14-9)15-5-3-13-4-6-15;;/h1-2,7H,3-6,8H2;1-2,7,13H,3-6H2;2*1H. The number of alkyl halides is 1. The lowest BCUT2D eigenvalue weighted by Gasteiger charge is -2.34. The Morgan fingerprint density at radius 1 is 0.789 bits per heavy atom. The summed E-state index contributed by atoms with van der Waals surface area (Å²) in [5.41, 5.74) is 2.01. The lowest BCUT2D eigenvalue weighted by atomic mass is 10.3. The third kappa shape index (κ3) is 7.46. The van der Waals surface area contributed by atoms with E-state index in [0.29, 0.717) is 13.1 Å². The van der Waals surface area contributed by atoms with Gasteiger partial charge in [-0.1, -0.05) is 45.9 Å². The van der Waals surface area contributed by atoms with Gasteiger partial charge in [0.2, 0.25) is 5.91 Å². The van der Waals surface area contributed by atoms with Gasteiger partial charge in [0.15, 0.2) is 10.3 Å². The molecule has 0 aliphatic carbocycles. The molecule has 4 heterocycles. The number of benzene rings is 2. The molecule has 0 bridgehead atoms. The van der Waals surface area contributed by atoms with E-state index in [1.165, 1.54) is 4.70 Å². The summed E-state index contributed by atoms with van der Waals surface area (Å²) in [6.45, 7) is 7.12. The maximum Gasteiger partial charge on any atom is 0.237 e. The maximum absolute atomic E-state index is 11.5. The highest BCUT2D eigenvalue weighted by Crippen LogP contribution is 2.32. The van der Waals surface area contributed by atoms with Gasteiger partial charge in [0.05, 0.1) is 20.4 Å². The number of rotatable bonds is 3. The number of piperazine rings is 2. The fourth-order valence-corrected chi connectivity index (χ4v) is 6.89. The Morgan fingerprint density at radius 2 is 1.26 bits per heavy atom. The van der Waals surface area contributed by atoms with E-state index in [2.05, 4.69) is 25.1 Å². The van der Waals surface area contributed by atoms with E-state index in [1.807, 2.05) is 36.4 Å². The first-order chi connectivity index (χ1) is 17.5. The molecule has 0 unspecified atom stereocenters. The van der Waals surface area contributed by atoms with Crippen molar-refractivity contribution in [1.82, 2.24) is 20.2 Å². The molecule has 6 rings (SSSR count). The molecule has 14 heteroatoms. The second-order valence-corrected chi connectivity index (χ2v) is 11.6. The maximum atomic E-state index is 11.5. The number of thiazole rings is 2. The SMILES string of the molecule is Cl.Cl.Clc1ccc2nc(N3CCNCC3)sc2c1.O=C(CCl)N1CCN(c2nc3ccc(Cl)cc3s2)CC1. The van der Waals surface area contributed by atoms with E-state index >= 15 is 0 Å². The molecule has 4 aromatic rings. The van der Waals surface area contributed by atoms with E-state index in [-0.39, 0.29) is 36.6 Å². The summed E-state index contributed by atoms with van der Waals surface area (Å²) in [7, 11) is 0. The predicted octanol–water partition coefficient (Wildman–Crippen LogP) is 6.04. The first-order valence-corrected chi connectivity index (χ1v) is 14.6. The topological polar surface area (TPSA) is 64.6 Å². The fourth-order valence-electron chi connectivity index (χ4n) is 4.13. The zero-order chi connectivity index (χ0) is 25.1. The van der Waals surface area contributed by atoms with Gasteiger partial charge in [0.25, 0.3) is 0 Å². The number of aromatic nitrogens is 2. The van der Waals surface area contributed by atoms with Crippen LogP contribution in [0.25, 0.3) is 20.4 Å². The average molecular weight is 657 g/mol. The molecular formula is C24H27Cl5N6OS2. The summed E-state index contributed by atoms with van der Waals surface area (Å²) < 4.78 is 2.26. The third-order valence-corrected chi connectivity index (χ3v) is 8.94. The number of anilines is 2. The van der Waals surface area contributed by atoms with Crippen LogP contribution < -0.4 is 15.1 Å². The van der Waals surface area contributed by atoms with Crippen molar-refractivity contribution >= 4 is 119 Å². The van der Waals surface area contributed by atoms with Gasteiger partial charge in [-0.05, 0) is 36.4 Å². The van der Waals surface area contributed by atoms with Crippen LogP contribution in [0.5, 0.6) is 0 Å². The number of carbonyl (C=O) groups is 1. The average Bonchev–Trinajstić information content (AvgIpc) is 3.53. The molecule has 2 fully saturated rings. The quantitative estimate of drug-likeness (QED) is 0.272. The second-order valence-electron chi connectivity index (χ2n) is 8.46. The Morgan fingerprint density at radius 3 is 1.74 bits per heavy atom. The summed E-state index contributed by atoms with van der Waals surface area (Å²) in [6.07, 6.45) is 0. The molecular weight excluding hydrogens is 630 g/mol. The summed E-state index contributed by atoms with van der Waals surface area (Å²) in [4.78, 5) is 27.1. The molecule has 2 aliphatic rings. The van der Waals surface area contributed by atoms with Crippen molar-refractivity contribution in [2.45, 2.75) is 0 Å². The van der Waals surface area contributed by atoms with Crippen molar-refractivity contribution in [3.05, 3.63) is 46.4 Å². The largest absolute Gasteiger partial charge is 0.346 e. The van der Waals surface area contributed by atoms with Crippen molar-refractivity contribution in [2.75, 3.05) is 68.0 Å². The lowest BCUT2D eigenvalue weighted by Crippen LogP contribution is -2.49. The number of fused-ring (bicyclic) bond motifs is 2. The fraction of sp³-hybridized carbons (Fsp3) is 0.375. The van der Waals surface area contributed by atoms with Gasteiger partial charge in [-0.25, -0.2) is 9.97 Å². The summed E-state index contributed by atoms with van der Waals surface area (Å²) >= 11 is 20.9. The van der Waals surface area contributed by atoms with E-state index in [1.54, 1.807) is 27.6 Å². The van der Waals surface area contributed by atoms with Gasteiger partial charge in [-0.15, -0.1) is 36.4 Å². The minimum absolute atomic E-state index is 0. The molecule has 0 atom stereocenters. The molecule has 2 aromatic carbocycles. The normalized spacial score (nSPS) is 15.5. The van der Waals surface area contributed by atoms with Crippen LogP contribution >= 0.6 is 82.3 Å². The number of nitrogens with one attached hydrogen (secondary N) is 1. The Bertz CT molecular complexity index is 1350. The number of hydrogen-bond acceptors (Lipinski definition) is 8. The molecule has 1 amide bonds. The molecule has 0 spiro atoms. The van der Waals surface area contributed by atoms with Crippen molar-refractivity contribution in [3.63, 3.8) is 0 Å². The third-order valence-electron chi connectivity index (χ3n) is 6.08. The molecule has 2 aromatic heterocycles. The van der Waals surface area contributed by atoms with Crippen molar-refractivity contribution in [3.8, 4) is 0 Å². The van der Waals surface area contributed by atoms with Gasteiger partial charge in [-0.3, -0.25) is 4.79 Å². The van der Waals surface area contributed by atoms with Crippen LogP contribution in [0.3, 0.4) is 0 Å². The highest BCUT2D eigenvalue weighted by atomic mass is 35.5. The minimum Gasteiger partial charge on any atom is -0.346 e. The van der Waals surface area contributed by atoms with Gasteiger partial charge >= 0.3 is 0 Å². The number of nitrogens with zero attached hydrogens (tertiary/aromatic N) is 5. The molecule has 2 saturated heterocycles. The molecule has 2 aliphatic heterocycles. The van der Waals surface area contributed by atoms with Crippen LogP contribution in [-0.2, 0) is 4.79 Å². The van der Waals surface area contributed by atoms with Crippen LogP contribution in [0.15, 0.2) is 36.4 Å². The lowest BCUT2D eigenvalue weighted by molar-refractivity contribution is -0.128. The van der Waals surface area contributed by atoms with Crippen LogP contribution in [0.2, 0.25) is 10.0 Å². The molecule has 1 N–H and O–H groups in total. The zero-order valence-corrected chi connectivity index (χ0v) is 25.8. The summed E-state index contributed by atoms with van der Waals surface area (Å²) in [5, 5.41) is 6.95. The van der Waals surface area contributed by atoms with E-state index in [9.17, 15) is 4.79 Å². The molecule has 0 radical (unpaired) electrons. The van der Waals surface area contributed by atoms with Crippen molar-refractivity contribution in [1.29, 1.82) is 0 Å². The van der Waals surface area contributed by atoms with Crippen LogP contribution in [-0.4, -0.2) is 79.0 Å². The number of halogens is 5. The molecule has 38 heavy (non-hydrogen) atoms. The van der Waals surface area contributed by atoms with E-state index in [0.717, 1.165) is 75.3 Å². The Labute approximate surface area is 256 Å². The Hall–Kier alpha value is -1.30. The molecule has 7 nitrogen and oxygen atoms in total. The molecule has 206 valence electrons.